The molecule has 1 amide bonds. The van der Waals surface area contributed by atoms with Crippen molar-refractivity contribution in [1.82, 2.24) is 15.1 Å². The lowest BCUT2D eigenvalue weighted by atomic mass is 10.1. The summed E-state index contributed by atoms with van der Waals surface area (Å²) in [6.45, 7) is 0.494. The lowest BCUT2D eigenvalue weighted by Gasteiger charge is -2.05. The first-order valence-corrected chi connectivity index (χ1v) is 9.54. The minimum Gasteiger partial charge on any atom is -0.382 e. The van der Waals surface area contributed by atoms with Crippen LogP contribution in [0.15, 0.2) is 54.6 Å². The van der Waals surface area contributed by atoms with Crippen molar-refractivity contribution in [3.63, 3.8) is 0 Å². The molecule has 0 aliphatic carbocycles. The molecule has 0 spiro atoms. The second-order valence-corrected chi connectivity index (χ2v) is 7.18. The molecule has 7 heteroatoms. The van der Waals surface area contributed by atoms with Crippen molar-refractivity contribution in [1.29, 1.82) is 5.26 Å². The fraction of sp³-hybridized carbons (Fsp3) is 0.150. The van der Waals surface area contributed by atoms with Crippen LogP contribution in [0.3, 0.4) is 0 Å². The average molecular weight is 471 g/mol. The molecule has 0 bridgehead atoms. The molecule has 0 fully saturated rings. The maximum absolute atomic E-state index is 12.1. The van der Waals surface area contributed by atoms with Crippen molar-refractivity contribution in [2.45, 2.75) is 12.8 Å². The number of nitrogens with zero attached hydrogens (tertiary/aromatic N) is 3. The average Bonchev–Trinajstić information content (AvgIpc) is 3.01. The van der Waals surface area contributed by atoms with Crippen LogP contribution in [0.5, 0.6) is 0 Å². The van der Waals surface area contributed by atoms with Crippen LogP contribution >= 0.6 is 22.6 Å². The number of halogens is 1. The number of para-hydroxylation sites is 1. The Labute approximate surface area is 171 Å². The molecule has 1 heterocycles. The van der Waals surface area contributed by atoms with E-state index in [4.69, 9.17) is 5.73 Å². The van der Waals surface area contributed by atoms with Gasteiger partial charge in [-0.25, -0.2) is 4.68 Å². The second kappa shape index (κ2) is 8.68. The second-order valence-electron chi connectivity index (χ2n) is 5.93. The summed E-state index contributed by atoms with van der Waals surface area (Å²) in [5, 5.41) is 16.8. The number of hydrogen-bond donors (Lipinski definition) is 2. The van der Waals surface area contributed by atoms with Crippen molar-refractivity contribution in [2.24, 2.45) is 0 Å². The number of carbonyl (C=O) groups excluding carboxylic acids is 1. The molecule has 0 aliphatic rings. The lowest BCUT2D eigenvalue weighted by molar-refractivity contribution is 0.0953. The molecule has 1 aromatic heterocycles. The smallest absolute Gasteiger partial charge is 0.251 e. The molecular formula is C20H18IN5O. The third-order valence-electron chi connectivity index (χ3n) is 4.09. The van der Waals surface area contributed by atoms with E-state index < -0.39 is 0 Å². The monoisotopic (exact) mass is 471 g/mol. The first kappa shape index (κ1) is 18.9. The number of nitriles is 1. The van der Waals surface area contributed by atoms with Gasteiger partial charge >= 0.3 is 0 Å². The number of rotatable bonds is 6. The van der Waals surface area contributed by atoms with E-state index in [1.54, 1.807) is 16.8 Å². The van der Waals surface area contributed by atoms with E-state index in [1.165, 1.54) is 0 Å². The van der Waals surface area contributed by atoms with E-state index in [2.05, 4.69) is 39.1 Å². The third kappa shape index (κ3) is 4.46. The number of nitrogens with one attached hydrogen (secondary N) is 1. The van der Waals surface area contributed by atoms with Crippen molar-refractivity contribution in [2.75, 3.05) is 12.3 Å². The number of hydrogen-bond acceptors (Lipinski definition) is 4. The summed E-state index contributed by atoms with van der Waals surface area (Å²) in [4.78, 5) is 12.1. The quantitative estimate of drug-likeness (QED) is 0.426. The van der Waals surface area contributed by atoms with Gasteiger partial charge in [-0.3, -0.25) is 4.79 Å². The van der Waals surface area contributed by atoms with Gasteiger partial charge in [0.25, 0.3) is 5.91 Å². The fourth-order valence-electron chi connectivity index (χ4n) is 2.70. The van der Waals surface area contributed by atoms with Gasteiger partial charge in [0.1, 0.15) is 17.5 Å². The van der Waals surface area contributed by atoms with E-state index >= 15 is 0 Å². The number of nitrogens with two attached hydrogens (primary N) is 1. The van der Waals surface area contributed by atoms with Gasteiger partial charge in [0.2, 0.25) is 0 Å². The van der Waals surface area contributed by atoms with Crippen LogP contribution in [0.1, 0.15) is 28.0 Å². The highest BCUT2D eigenvalue weighted by Crippen LogP contribution is 2.21. The van der Waals surface area contributed by atoms with Gasteiger partial charge in [-0.15, -0.1) is 0 Å². The molecule has 0 saturated heterocycles. The highest BCUT2D eigenvalue weighted by Gasteiger charge is 2.16. The maximum atomic E-state index is 12.1. The van der Waals surface area contributed by atoms with Crippen molar-refractivity contribution in [3.8, 4) is 11.8 Å². The van der Waals surface area contributed by atoms with Crippen LogP contribution in [0, 0.1) is 14.9 Å². The first-order chi connectivity index (χ1) is 13.1. The highest BCUT2D eigenvalue weighted by atomic mass is 127. The summed E-state index contributed by atoms with van der Waals surface area (Å²) in [5.41, 5.74) is 8.57. The topological polar surface area (TPSA) is 96.7 Å². The molecule has 0 saturated carbocycles. The lowest BCUT2D eigenvalue weighted by Crippen LogP contribution is -2.24. The molecule has 3 rings (SSSR count). The maximum Gasteiger partial charge on any atom is 0.251 e. The number of benzene rings is 2. The predicted molar refractivity (Wildman–Crippen MR) is 113 cm³/mol. The summed E-state index contributed by atoms with van der Waals surface area (Å²) in [6.07, 6.45) is 1.22. The first-order valence-electron chi connectivity index (χ1n) is 8.47. The summed E-state index contributed by atoms with van der Waals surface area (Å²) in [7, 11) is 0. The van der Waals surface area contributed by atoms with Crippen LogP contribution in [0.4, 0.5) is 5.82 Å². The molecule has 3 aromatic rings. The number of anilines is 1. The Bertz CT molecular complexity index is 974. The van der Waals surface area contributed by atoms with Crippen LogP contribution in [-0.4, -0.2) is 22.2 Å². The zero-order chi connectivity index (χ0) is 19.2. The van der Waals surface area contributed by atoms with Crippen LogP contribution in [-0.2, 0) is 6.42 Å². The van der Waals surface area contributed by atoms with E-state index in [9.17, 15) is 10.1 Å². The molecule has 2 aromatic carbocycles. The fourth-order valence-corrected chi connectivity index (χ4v) is 3.06. The predicted octanol–water partition coefficient (Wildman–Crippen LogP) is 3.29. The van der Waals surface area contributed by atoms with Gasteiger partial charge in [-0.2, -0.15) is 10.4 Å². The Morgan fingerprint density at radius 3 is 2.56 bits per heavy atom. The minimum atomic E-state index is -0.110. The summed E-state index contributed by atoms with van der Waals surface area (Å²) in [5.74, 6) is 0.225. The van der Waals surface area contributed by atoms with Crippen molar-refractivity contribution < 1.29 is 4.79 Å². The molecule has 0 aliphatic heterocycles. The molecule has 6 nitrogen and oxygen atoms in total. The number of aromatic nitrogens is 2. The molecule has 0 atom stereocenters. The Morgan fingerprint density at radius 2 is 1.89 bits per heavy atom. The van der Waals surface area contributed by atoms with Gasteiger partial charge < -0.3 is 11.1 Å². The van der Waals surface area contributed by atoms with E-state index in [1.807, 2.05) is 42.5 Å². The van der Waals surface area contributed by atoms with E-state index in [0.717, 1.165) is 9.26 Å². The number of amides is 1. The van der Waals surface area contributed by atoms with Gasteiger partial charge in [0.05, 0.1) is 11.4 Å². The zero-order valence-electron chi connectivity index (χ0n) is 14.5. The van der Waals surface area contributed by atoms with Gasteiger partial charge in [0, 0.05) is 15.7 Å². The summed E-state index contributed by atoms with van der Waals surface area (Å²) < 4.78 is 2.66. The van der Waals surface area contributed by atoms with Crippen LogP contribution < -0.4 is 11.1 Å². The molecule has 136 valence electrons. The van der Waals surface area contributed by atoms with Crippen LogP contribution in [0.25, 0.3) is 5.69 Å². The normalized spacial score (nSPS) is 10.4. The Balaban J connectivity index is 1.62. The molecule has 0 radical (unpaired) electrons. The summed E-state index contributed by atoms with van der Waals surface area (Å²) >= 11 is 2.20. The molecule has 27 heavy (non-hydrogen) atoms. The van der Waals surface area contributed by atoms with Gasteiger partial charge in [-0.1, -0.05) is 18.2 Å². The summed E-state index contributed by atoms with van der Waals surface area (Å²) in [6, 6.07) is 19.0. The zero-order valence-corrected chi connectivity index (χ0v) is 16.7. The number of nitrogen functional groups attached to an aromatic ring is 1. The SMILES string of the molecule is N#Cc1c(CCCNC(=O)c2ccc(I)cc2)nn(-c2ccccc2)c1N. The standard InChI is InChI=1S/C20H18IN5O/c21-15-10-8-14(9-11-15)20(27)24-12-4-7-18-17(13-22)19(23)26(25-18)16-5-2-1-3-6-16/h1-3,5-6,8-11H,4,7,12,23H2,(H,24,27). The molecular weight excluding hydrogens is 453 g/mol. The highest BCUT2D eigenvalue weighted by molar-refractivity contribution is 14.1. The Kier molecular flexibility index (Phi) is 6.08. The van der Waals surface area contributed by atoms with Crippen molar-refractivity contribution >= 4 is 34.3 Å². The minimum absolute atomic E-state index is 0.110. The molecule has 3 N–H and O–H groups in total. The van der Waals surface area contributed by atoms with Crippen molar-refractivity contribution in [3.05, 3.63) is 75.0 Å². The van der Waals surface area contributed by atoms with E-state index in [-0.39, 0.29) is 5.91 Å². The largest absolute Gasteiger partial charge is 0.382 e. The van der Waals surface area contributed by atoms with Crippen LogP contribution in [0.2, 0.25) is 0 Å². The van der Waals surface area contributed by atoms with E-state index in [0.29, 0.717) is 42.0 Å². The van der Waals surface area contributed by atoms with Gasteiger partial charge in [0.15, 0.2) is 0 Å². The third-order valence-corrected chi connectivity index (χ3v) is 4.81. The van der Waals surface area contributed by atoms with Gasteiger partial charge in [-0.05, 0) is 71.8 Å². The Morgan fingerprint density at radius 1 is 1.19 bits per heavy atom. The number of carbonyl (C=O) groups is 1. The number of aryl methyl sites for hydroxylation is 1. The molecule has 0 unspecified atom stereocenters. The Hall–Kier alpha value is -2.86.